The molecule has 2 aliphatic rings. The van der Waals surface area contributed by atoms with E-state index in [0.717, 1.165) is 25.7 Å². The van der Waals surface area contributed by atoms with Crippen molar-refractivity contribution in [1.29, 1.82) is 0 Å². The van der Waals surface area contributed by atoms with Gasteiger partial charge in [-0.1, -0.05) is 49.8 Å². The number of nitrogens with one attached hydrogen (secondary N) is 1. The Labute approximate surface area is 215 Å². The molecule has 1 aliphatic heterocycles. The van der Waals surface area contributed by atoms with Crippen molar-refractivity contribution in [2.45, 2.75) is 70.6 Å². The number of hydrogen-bond acceptors (Lipinski definition) is 5. The Morgan fingerprint density at radius 1 is 1.31 bits per heavy atom. The van der Waals surface area contributed by atoms with Gasteiger partial charge in [0.05, 0.1) is 23.7 Å². The van der Waals surface area contributed by atoms with Gasteiger partial charge in [-0.2, -0.15) is 5.10 Å². The van der Waals surface area contributed by atoms with E-state index in [-0.39, 0.29) is 41.4 Å². The molecule has 1 saturated carbocycles. The number of carbonyl (C=O) groups is 2. The van der Waals surface area contributed by atoms with Gasteiger partial charge in [-0.25, -0.2) is 4.39 Å². The molecule has 0 bridgehead atoms. The zero-order valence-electron chi connectivity index (χ0n) is 20.5. The topological polar surface area (TPSA) is 96.7 Å². The molecule has 2 N–H and O–H groups in total. The molecule has 0 unspecified atom stereocenters. The van der Waals surface area contributed by atoms with E-state index in [1.165, 1.54) is 35.6 Å². The van der Waals surface area contributed by atoms with E-state index in [1.54, 1.807) is 30.8 Å². The molecule has 36 heavy (non-hydrogen) atoms. The average Bonchev–Trinajstić information content (AvgIpc) is 3.39. The van der Waals surface area contributed by atoms with Crippen molar-refractivity contribution in [3.63, 3.8) is 0 Å². The van der Waals surface area contributed by atoms with Crippen molar-refractivity contribution in [2.75, 3.05) is 11.9 Å². The van der Waals surface area contributed by atoms with Crippen molar-refractivity contribution in [3.05, 3.63) is 53.1 Å². The summed E-state index contributed by atoms with van der Waals surface area (Å²) >= 11 is 6.08. The van der Waals surface area contributed by atoms with Gasteiger partial charge in [0.1, 0.15) is 11.8 Å². The van der Waals surface area contributed by atoms with Crippen LogP contribution in [-0.2, 0) is 16.1 Å². The fourth-order valence-electron chi connectivity index (χ4n) is 4.79. The molecule has 1 aliphatic carbocycles. The molecule has 0 radical (unpaired) electrons. The van der Waals surface area contributed by atoms with Gasteiger partial charge in [-0.05, 0) is 38.3 Å². The molecular formula is C26H32ClFN4O4. The molecule has 10 heteroatoms. The Morgan fingerprint density at radius 2 is 2.06 bits per heavy atom. The number of benzene rings is 1. The third-order valence-electron chi connectivity index (χ3n) is 6.45. The predicted octanol–water partition coefficient (Wildman–Crippen LogP) is 4.53. The Morgan fingerprint density at radius 3 is 2.75 bits per heavy atom. The van der Waals surface area contributed by atoms with Gasteiger partial charge < -0.3 is 20.1 Å². The third kappa shape index (κ3) is 6.64. The summed E-state index contributed by atoms with van der Waals surface area (Å²) < 4.78 is 21.4. The molecule has 4 rings (SSSR count). The van der Waals surface area contributed by atoms with Gasteiger partial charge in [-0.3, -0.25) is 14.3 Å². The number of amides is 2. The van der Waals surface area contributed by atoms with Crippen molar-refractivity contribution in [1.82, 2.24) is 14.7 Å². The Kier molecular flexibility index (Phi) is 8.00. The molecule has 0 saturated heterocycles. The lowest BCUT2D eigenvalue weighted by atomic mass is 9.84. The third-order valence-corrected chi connectivity index (χ3v) is 6.74. The second-order valence-corrected chi connectivity index (χ2v) is 10.6. The number of aromatic nitrogens is 2. The van der Waals surface area contributed by atoms with Crippen molar-refractivity contribution >= 4 is 29.2 Å². The maximum Gasteiger partial charge on any atom is 0.251 e. The lowest BCUT2D eigenvalue weighted by Crippen LogP contribution is -2.46. The molecule has 1 fully saturated rings. The summed E-state index contributed by atoms with van der Waals surface area (Å²) in [5.41, 5.74) is -0.956. The van der Waals surface area contributed by atoms with Crippen LogP contribution in [-0.4, -0.2) is 49.8 Å². The first-order chi connectivity index (χ1) is 17.1. The van der Waals surface area contributed by atoms with Crippen LogP contribution in [0.1, 0.15) is 52.4 Å². The Hall–Kier alpha value is -2.91. The van der Waals surface area contributed by atoms with Crippen molar-refractivity contribution in [3.8, 4) is 5.75 Å². The highest BCUT2D eigenvalue weighted by Gasteiger charge is 2.36. The predicted molar refractivity (Wildman–Crippen MR) is 134 cm³/mol. The van der Waals surface area contributed by atoms with Crippen LogP contribution in [0.4, 0.5) is 10.2 Å². The summed E-state index contributed by atoms with van der Waals surface area (Å²) in [5, 5.41) is 17.3. The molecule has 2 amide bonds. The highest BCUT2D eigenvalue weighted by atomic mass is 35.5. The molecule has 194 valence electrons. The van der Waals surface area contributed by atoms with Crippen LogP contribution in [0.25, 0.3) is 0 Å². The molecule has 1 aromatic carbocycles. The molecule has 1 atom stereocenters. The van der Waals surface area contributed by atoms with E-state index in [9.17, 15) is 19.1 Å². The fraction of sp³-hybridized carbons (Fsp3) is 0.500. The van der Waals surface area contributed by atoms with Crippen LogP contribution in [0.5, 0.6) is 5.75 Å². The fourth-order valence-corrected chi connectivity index (χ4v) is 4.99. The van der Waals surface area contributed by atoms with E-state index in [1.807, 2.05) is 0 Å². The normalized spacial score (nSPS) is 17.8. The van der Waals surface area contributed by atoms with Crippen LogP contribution in [0, 0.1) is 11.7 Å². The summed E-state index contributed by atoms with van der Waals surface area (Å²) in [6.45, 7) is 3.64. The van der Waals surface area contributed by atoms with Crippen LogP contribution in [0.2, 0.25) is 5.02 Å². The quantitative estimate of drug-likeness (QED) is 0.508. The first-order valence-electron chi connectivity index (χ1n) is 12.3. The lowest BCUT2D eigenvalue weighted by Gasteiger charge is -2.31. The SMILES string of the molecule is CC(C)(O)Cn1ccc(NC(=O)[C@H](CC2CCCCC2)N2CC(Oc3c(F)cccc3Cl)=CC2=O)n1. The van der Waals surface area contributed by atoms with Gasteiger partial charge >= 0.3 is 0 Å². The van der Waals surface area contributed by atoms with Crippen LogP contribution in [0.3, 0.4) is 0 Å². The number of anilines is 1. The minimum atomic E-state index is -0.956. The highest BCUT2D eigenvalue weighted by Crippen LogP contribution is 2.33. The van der Waals surface area contributed by atoms with E-state index in [0.29, 0.717) is 18.2 Å². The van der Waals surface area contributed by atoms with Gasteiger partial charge in [0.2, 0.25) is 5.91 Å². The van der Waals surface area contributed by atoms with E-state index >= 15 is 0 Å². The summed E-state index contributed by atoms with van der Waals surface area (Å²) in [7, 11) is 0. The van der Waals surface area contributed by atoms with Crippen LogP contribution in [0.15, 0.2) is 42.3 Å². The number of aliphatic hydroxyl groups is 1. The number of ether oxygens (including phenoxy) is 1. The van der Waals surface area contributed by atoms with Crippen LogP contribution >= 0.6 is 11.6 Å². The first-order valence-corrected chi connectivity index (χ1v) is 12.7. The Balaban J connectivity index is 1.49. The zero-order chi connectivity index (χ0) is 25.9. The van der Waals surface area contributed by atoms with Gasteiger partial charge in [0.15, 0.2) is 17.4 Å². The monoisotopic (exact) mass is 518 g/mol. The summed E-state index contributed by atoms with van der Waals surface area (Å²) in [5.74, 6) is -0.615. The summed E-state index contributed by atoms with van der Waals surface area (Å²) in [6, 6.07) is 5.12. The molecule has 2 heterocycles. The van der Waals surface area contributed by atoms with E-state index in [2.05, 4.69) is 10.4 Å². The first kappa shape index (κ1) is 26.2. The summed E-state index contributed by atoms with van der Waals surface area (Å²) in [6.07, 6.45) is 8.88. The molecule has 2 aromatic rings. The minimum Gasteiger partial charge on any atom is -0.455 e. The number of para-hydroxylation sites is 1. The second-order valence-electron chi connectivity index (χ2n) is 10.2. The maximum atomic E-state index is 14.2. The molecular weight excluding hydrogens is 487 g/mol. The average molecular weight is 519 g/mol. The minimum absolute atomic E-state index is 0.0292. The number of halogens is 2. The van der Waals surface area contributed by atoms with Gasteiger partial charge in [0, 0.05) is 18.3 Å². The lowest BCUT2D eigenvalue weighted by molar-refractivity contribution is -0.134. The summed E-state index contributed by atoms with van der Waals surface area (Å²) in [4.78, 5) is 27.9. The zero-order valence-corrected chi connectivity index (χ0v) is 21.3. The largest absolute Gasteiger partial charge is 0.455 e. The second kappa shape index (κ2) is 11.0. The standard InChI is InChI=1S/C26H32ClFN4O4/c1-26(2,35)16-31-12-11-22(30-31)29-25(34)21(13-17-7-4-3-5-8-17)32-15-18(14-23(32)33)36-24-19(27)9-6-10-20(24)28/h6,9-12,14,17,21,35H,3-5,7-8,13,15-16H2,1-2H3,(H,29,30,34)/t21-/m0/s1. The van der Waals surface area contributed by atoms with Gasteiger partial charge in [-0.15, -0.1) is 0 Å². The van der Waals surface area contributed by atoms with Crippen molar-refractivity contribution in [2.24, 2.45) is 5.92 Å². The number of carbonyl (C=O) groups excluding carboxylic acids is 2. The van der Waals surface area contributed by atoms with Crippen molar-refractivity contribution < 1.29 is 23.8 Å². The number of rotatable bonds is 9. The molecule has 1 aromatic heterocycles. The number of nitrogens with zero attached hydrogens (tertiary/aromatic N) is 3. The molecule has 8 nitrogen and oxygen atoms in total. The van der Waals surface area contributed by atoms with E-state index in [4.69, 9.17) is 16.3 Å². The smallest absolute Gasteiger partial charge is 0.251 e. The maximum absolute atomic E-state index is 14.2. The van der Waals surface area contributed by atoms with Gasteiger partial charge in [0.25, 0.3) is 5.91 Å². The highest BCUT2D eigenvalue weighted by molar-refractivity contribution is 6.32. The van der Waals surface area contributed by atoms with Crippen LogP contribution < -0.4 is 10.1 Å². The number of hydrogen-bond donors (Lipinski definition) is 2. The Bertz CT molecular complexity index is 1120. The molecule has 0 spiro atoms. The van der Waals surface area contributed by atoms with E-state index < -0.39 is 17.5 Å².